The number of hydrogen-bond acceptors (Lipinski definition) is 3. The number of fused-ring (bicyclic) bond motifs is 1. The smallest absolute Gasteiger partial charge is 0.237 e. The Hall–Kier alpha value is -1.55. The highest BCUT2D eigenvalue weighted by Crippen LogP contribution is 2.25. The van der Waals surface area contributed by atoms with Gasteiger partial charge < -0.3 is 15.1 Å². The van der Waals surface area contributed by atoms with Crippen LogP contribution in [0.4, 0.5) is 5.69 Å². The zero-order valence-electron chi connectivity index (χ0n) is 11.3. The Morgan fingerprint density at radius 1 is 1.44 bits per heavy atom. The lowest BCUT2D eigenvalue weighted by molar-refractivity contribution is -0.132. The van der Waals surface area contributed by atoms with E-state index in [9.17, 15) is 4.79 Å². The average molecular weight is 247 g/mol. The van der Waals surface area contributed by atoms with Gasteiger partial charge in [-0.3, -0.25) is 4.79 Å². The van der Waals surface area contributed by atoms with E-state index in [2.05, 4.69) is 36.3 Å². The van der Waals surface area contributed by atoms with Gasteiger partial charge in [0.1, 0.15) is 0 Å². The average Bonchev–Trinajstić information content (AvgIpc) is 2.47. The van der Waals surface area contributed by atoms with Crippen molar-refractivity contribution >= 4 is 11.6 Å². The van der Waals surface area contributed by atoms with Crippen LogP contribution < -0.4 is 10.2 Å². The van der Waals surface area contributed by atoms with Gasteiger partial charge in [0.15, 0.2) is 0 Å². The summed E-state index contributed by atoms with van der Waals surface area (Å²) in [7, 11) is 3.89. The van der Waals surface area contributed by atoms with Crippen molar-refractivity contribution in [2.45, 2.75) is 19.5 Å². The van der Waals surface area contributed by atoms with Crippen molar-refractivity contribution in [3.05, 3.63) is 29.8 Å². The molecular formula is C14H21N3O. The highest BCUT2D eigenvalue weighted by atomic mass is 16.2. The molecule has 1 N–H and O–H groups in total. The Morgan fingerprint density at radius 2 is 2.17 bits per heavy atom. The minimum Gasteiger partial charge on any atom is -0.372 e. The first-order chi connectivity index (χ1) is 8.63. The fourth-order valence-electron chi connectivity index (χ4n) is 2.54. The van der Waals surface area contributed by atoms with E-state index in [4.69, 9.17) is 0 Å². The van der Waals surface area contributed by atoms with E-state index in [0.29, 0.717) is 13.1 Å². The molecular weight excluding hydrogens is 226 g/mol. The lowest BCUT2D eigenvalue weighted by Gasteiger charge is -2.28. The molecule has 4 heteroatoms. The molecule has 1 heterocycles. The van der Waals surface area contributed by atoms with Crippen LogP contribution in [-0.4, -0.2) is 44.0 Å². The summed E-state index contributed by atoms with van der Waals surface area (Å²) in [6.45, 7) is 4.07. The van der Waals surface area contributed by atoms with Gasteiger partial charge in [-0.2, -0.15) is 0 Å². The molecule has 98 valence electrons. The monoisotopic (exact) mass is 247 g/mol. The number of nitrogens with one attached hydrogen (secondary N) is 1. The summed E-state index contributed by atoms with van der Waals surface area (Å²) in [5, 5.41) is 2.94. The van der Waals surface area contributed by atoms with E-state index in [1.54, 1.807) is 7.05 Å². The molecule has 2 rings (SSSR count). The van der Waals surface area contributed by atoms with Crippen LogP contribution in [0.15, 0.2) is 24.3 Å². The zero-order valence-corrected chi connectivity index (χ0v) is 11.3. The third-order valence-corrected chi connectivity index (χ3v) is 3.46. The summed E-state index contributed by atoms with van der Waals surface area (Å²) >= 11 is 0. The van der Waals surface area contributed by atoms with Crippen LogP contribution in [0.3, 0.4) is 0 Å². The van der Waals surface area contributed by atoms with Crippen LogP contribution in [0.5, 0.6) is 0 Å². The number of likely N-dealkylation sites (N-methyl/N-ethyl adjacent to an activating group) is 2. The van der Waals surface area contributed by atoms with Gasteiger partial charge in [0.2, 0.25) is 5.91 Å². The lowest BCUT2D eigenvalue weighted by Crippen LogP contribution is -2.45. The molecule has 0 unspecified atom stereocenters. The Bertz CT molecular complexity index is 433. The molecule has 0 spiro atoms. The number of para-hydroxylation sites is 1. The summed E-state index contributed by atoms with van der Waals surface area (Å²) in [5.74, 6) is 0.162. The summed E-state index contributed by atoms with van der Waals surface area (Å²) in [4.78, 5) is 16.3. The van der Waals surface area contributed by atoms with Gasteiger partial charge in [-0.05, 0) is 25.6 Å². The van der Waals surface area contributed by atoms with Crippen LogP contribution in [-0.2, 0) is 11.3 Å². The van der Waals surface area contributed by atoms with E-state index in [1.165, 1.54) is 11.3 Å². The molecule has 0 radical (unpaired) electrons. The molecule has 1 aromatic carbocycles. The standard InChI is InChI=1S/C14H21N3O/c1-11-9-16(3)13-7-5-4-6-12(13)10-17(11)14(18)8-15-2/h4-7,11,15H,8-10H2,1-3H3/t11-/m0/s1. The van der Waals surface area contributed by atoms with E-state index in [-0.39, 0.29) is 11.9 Å². The first-order valence-corrected chi connectivity index (χ1v) is 6.36. The maximum absolute atomic E-state index is 12.1. The summed E-state index contributed by atoms with van der Waals surface area (Å²) in [5.41, 5.74) is 2.44. The maximum atomic E-state index is 12.1. The van der Waals surface area contributed by atoms with Crippen LogP contribution in [0.1, 0.15) is 12.5 Å². The largest absolute Gasteiger partial charge is 0.372 e. The number of hydrogen-bond donors (Lipinski definition) is 1. The topological polar surface area (TPSA) is 35.6 Å². The second-order valence-corrected chi connectivity index (χ2v) is 4.91. The number of rotatable bonds is 2. The van der Waals surface area contributed by atoms with Crippen molar-refractivity contribution < 1.29 is 4.79 Å². The Labute approximate surface area is 109 Å². The van der Waals surface area contributed by atoms with Crippen LogP contribution in [0.25, 0.3) is 0 Å². The first-order valence-electron chi connectivity index (χ1n) is 6.36. The summed E-state index contributed by atoms with van der Waals surface area (Å²) in [6, 6.07) is 8.52. The summed E-state index contributed by atoms with van der Waals surface area (Å²) < 4.78 is 0. The third kappa shape index (κ3) is 2.48. The second-order valence-electron chi connectivity index (χ2n) is 4.91. The van der Waals surface area contributed by atoms with Crippen LogP contribution in [0, 0.1) is 0 Å². The number of nitrogens with zero attached hydrogens (tertiary/aromatic N) is 2. The van der Waals surface area contributed by atoms with Crippen LogP contribution in [0.2, 0.25) is 0 Å². The van der Waals surface area contributed by atoms with Gasteiger partial charge >= 0.3 is 0 Å². The number of amides is 1. The van der Waals surface area contributed by atoms with Crippen molar-refractivity contribution in [1.29, 1.82) is 0 Å². The minimum atomic E-state index is 0.162. The molecule has 0 aromatic heterocycles. The van der Waals surface area contributed by atoms with Crippen molar-refractivity contribution in [3.63, 3.8) is 0 Å². The molecule has 4 nitrogen and oxygen atoms in total. The fraction of sp³-hybridized carbons (Fsp3) is 0.500. The van der Waals surface area contributed by atoms with E-state index in [1.807, 2.05) is 17.0 Å². The van der Waals surface area contributed by atoms with Gasteiger partial charge in [-0.25, -0.2) is 0 Å². The molecule has 1 aliphatic rings. The fourth-order valence-corrected chi connectivity index (χ4v) is 2.54. The highest BCUT2D eigenvalue weighted by molar-refractivity contribution is 5.79. The predicted molar refractivity (Wildman–Crippen MR) is 73.7 cm³/mol. The van der Waals surface area contributed by atoms with Gasteiger partial charge in [0.25, 0.3) is 0 Å². The lowest BCUT2D eigenvalue weighted by atomic mass is 10.1. The number of benzene rings is 1. The molecule has 0 aliphatic carbocycles. The second kappa shape index (κ2) is 5.40. The Kier molecular flexibility index (Phi) is 3.87. The molecule has 1 aliphatic heterocycles. The number of carbonyl (C=O) groups is 1. The van der Waals surface area contributed by atoms with E-state index >= 15 is 0 Å². The van der Waals surface area contributed by atoms with Crippen molar-refractivity contribution in [2.75, 3.05) is 32.1 Å². The van der Waals surface area contributed by atoms with Crippen molar-refractivity contribution in [2.24, 2.45) is 0 Å². The Morgan fingerprint density at radius 3 is 2.89 bits per heavy atom. The quantitative estimate of drug-likeness (QED) is 0.849. The number of anilines is 1. The first kappa shape index (κ1) is 12.9. The number of carbonyl (C=O) groups excluding carboxylic acids is 1. The van der Waals surface area contributed by atoms with Crippen molar-refractivity contribution in [1.82, 2.24) is 10.2 Å². The molecule has 0 saturated carbocycles. The van der Waals surface area contributed by atoms with Crippen LogP contribution >= 0.6 is 0 Å². The van der Waals surface area contributed by atoms with Gasteiger partial charge in [-0.1, -0.05) is 18.2 Å². The minimum absolute atomic E-state index is 0.162. The van der Waals surface area contributed by atoms with E-state index < -0.39 is 0 Å². The summed E-state index contributed by atoms with van der Waals surface area (Å²) in [6.07, 6.45) is 0. The van der Waals surface area contributed by atoms with Gasteiger partial charge in [0, 0.05) is 31.9 Å². The molecule has 1 aromatic rings. The zero-order chi connectivity index (χ0) is 13.1. The molecule has 0 bridgehead atoms. The highest BCUT2D eigenvalue weighted by Gasteiger charge is 2.25. The Balaban J connectivity index is 2.28. The molecule has 1 atom stereocenters. The van der Waals surface area contributed by atoms with Gasteiger partial charge in [-0.15, -0.1) is 0 Å². The molecule has 18 heavy (non-hydrogen) atoms. The third-order valence-electron chi connectivity index (χ3n) is 3.46. The van der Waals surface area contributed by atoms with Gasteiger partial charge in [0.05, 0.1) is 6.54 Å². The molecule has 0 saturated heterocycles. The predicted octanol–water partition coefficient (Wildman–Crippen LogP) is 1.07. The molecule has 1 amide bonds. The SMILES string of the molecule is CNCC(=O)N1Cc2ccccc2N(C)C[C@@H]1C. The van der Waals surface area contributed by atoms with Crippen molar-refractivity contribution in [3.8, 4) is 0 Å². The maximum Gasteiger partial charge on any atom is 0.237 e. The normalized spacial score (nSPS) is 19.4. The van der Waals surface area contributed by atoms with E-state index in [0.717, 1.165) is 6.54 Å². The molecule has 0 fully saturated rings.